The fourth-order valence-corrected chi connectivity index (χ4v) is 5.16. The zero-order chi connectivity index (χ0) is 10.7. The second kappa shape index (κ2) is 4.96. The van der Waals surface area contributed by atoms with Crippen LogP contribution in [0, 0.1) is 0 Å². The Bertz CT molecular complexity index is 249. The van der Waals surface area contributed by atoms with Gasteiger partial charge < -0.3 is 0 Å². The molecule has 0 amide bonds. The second-order valence-corrected chi connectivity index (χ2v) is 8.38. The lowest BCUT2D eigenvalue weighted by Gasteiger charge is -2.28. The van der Waals surface area contributed by atoms with E-state index >= 15 is 0 Å². The molecule has 0 fully saturated rings. The molecule has 8 N–H and O–H groups in total. The molecule has 0 aromatic heterocycles. The molecule has 0 aromatic carbocycles. The highest BCUT2D eigenvalue weighted by atomic mass is 32.4. The molecule has 0 aliphatic heterocycles. The van der Waals surface area contributed by atoms with Crippen molar-refractivity contribution < 1.29 is 0 Å². The van der Waals surface area contributed by atoms with E-state index in [9.17, 15) is 0 Å². The molecule has 80 valence electrons. The average Bonchev–Trinajstić information content (AvgIpc) is 1.83. The van der Waals surface area contributed by atoms with Crippen LogP contribution in [0.1, 0.15) is 13.8 Å². The smallest absolute Gasteiger partial charge is 0.180 e. The molecule has 0 aliphatic carbocycles. The standard InChI is InChI=1S/C4H18N6P2S/c1-3-10(4-2)11(5,6)9-12(7,8)13/h3-6H2,1-2H3,(H4,7,8,13). The van der Waals surface area contributed by atoms with Gasteiger partial charge in [-0.3, -0.25) is 22.0 Å². The van der Waals surface area contributed by atoms with Crippen LogP contribution in [0.2, 0.25) is 0 Å². The normalized spacial score (nSPS) is 13.5. The number of nitrogens with zero attached hydrogens (tertiary/aromatic N) is 2. The molecule has 0 saturated heterocycles. The molecule has 0 radical (unpaired) electrons. The molecule has 0 rings (SSSR count). The maximum Gasteiger partial charge on any atom is 0.180 e. The summed E-state index contributed by atoms with van der Waals surface area (Å²) in [5.74, 6) is 0. The van der Waals surface area contributed by atoms with Gasteiger partial charge in [-0.15, -0.1) is 0 Å². The van der Waals surface area contributed by atoms with Crippen molar-refractivity contribution in [1.29, 1.82) is 0 Å². The maximum atomic E-state index is 5.82. The van der Waals surface area contributed by atoms with Gasteiger partial charge in [0.1, 0.15) is 0 Å². The third-order valence-corrected chi connectivity index (χ3v) is 5.86. The minimum atomic E-state index is -2.65. The molecule has 13 heavy (non-hydrogen) atoms. The molecule has 0 saturated carbocycles. The lowest BCUT2D eigenvalue weighted by molar-refractivity contribution is 0.500. The minimum Gasteiger partial charge on any atom is -0.274 e. The zero-order valence-electron chi connectivity index (χ0n) is 7.92. The predicted octanol–water partition coefficient (Wildman–Crippen LogP) is 0.334. The third kappa shape index (κ3) is 5.20. The van der Waals surface area contributed by atoms with Gasteiger partial charge in [0, 0.05) is 13.1 Å². The van der Waals surface area contributed by atoms with Gasteiger partial charge in [-0.2, -0.15) is 4.52 Å². The number of nitrogens with two attached hydrogens (primary N) is 4. The molecule has 9 heteroatoms. The van der Waals surface area contributed by atoms with Gasteiger partial charge in [0.2, 0.25) is 0 Å². The second-order valence-electron chi connectivity index (χ2n) is 2.60. The lowest BCUT2D eigenvalue weighted by atomic mass is 10.7. The number of hydrogen-bond acceptors (Lipinski definition) is 1. The lowest BCUT2D eigenvalue weighted by Crippen LogP contribution is -2.29. The third-order valence-electron chi connectivity index (χ3n) is 1.47. The van der Waals surface area contributed by atoms with Crippen molar-refractivity contribution in [2.75, 3.05) is 13.1 Å². The summed E-state index contributed by atoms with van der Waals surface area (Å²) >= 11 is 4.79. The number of rotatable bonds is 4. The van der Waals surface area contributed by atoms with Crippen LogP contribution in [0.5, 0.6) is 0 Å². The van der Waals surface area contributed by atoms with Gasteiger partial charge in [-0.25, -0.2) is 4.67 Å². The number of hydrogen-bond donors (Lipinski definition) is 4. The highest BCUT2D eigenvalue weighted by molar-refractivity contribution is 8.12. The van der Waals surface area contributed by atoms with Crippen LogP contribution >= 0.6 is 14.0 Å². The van der Waals surface area contributed by atoms with E-state index in [1.54, 1.807) is 0 Å². The van der Waals surface area contributed by atoms with Crippen LogP contribution in [-0.4, -0.2) is 17.8 Å². The Morgan fingerprint density at radius 1 is 1.15 bits per heavy atom. The summed E-state index contributed by atoms with van der Waals surface area (Å²) < 4.78 is 5.80. The van der Waals surface area contributed by atoms with Crippen molar-refractivity contribution in [2.45, 2.75) is 13.8 Å². The van der Waals surface area contributed by atoms with Gasteiger partial charge in [-0.1, -0.05) is 13.8 Å². The predicted molar refractivity (Wildman–Crippen MR) is 63.3 cm³/mol. The Kier molecular flexibility index (Phi) is 5.22. The summed E-state index contributed by atoms with van der Waals surface area (Å²) in [5, 5.41) is 0. The topological polar surface area (TPSA) is 120 Å². The highest BCUT2D eigenvalue weighted by Crippen LogP contribution is 2.46. The van der Waals surface area contributed by atoms with Crippen LogP contribution < -0.4 is 22.0 Å². The Morgan fingerprint density at radius 2 is 1.54 bits per heavy atom. The fourth-order valence-electron chi connectivity index (χ4n) is 0.957. The summed E-state index contributed by atoms with van der Waals surface area (Å²) in [6.07, 6.45) is 0. The average molecular weight is 244 g/mol. The summed E-state index contributed by atoms with van der Waals surface area (Å²) in [5.41, 5.74) is 22.5. The zero-order valence-corrected chi connectivity index (χ0v) is 10.5. The minimum absolute atomic E-state index is 0.718. The highest BCUT2D eigenvalue weighted by Gasteiger charge is 2.17. The van der Waals surface area contributed by atoms with E-state index in [0.717, 1.165) is 13.1 Å². The molecule has 0 unspecified atom stereocenters. The van der Waals surface area contributed by atoms with E-state index < -0.39 is 14.0 Å². The van der Waals surface area contributed by atoms with Crippen molar-refractivity contribution in [3.8, 4) is 0 Å². The van der Waals surface area contributed by atoms with Crippen LogP contribution in [0.25, 0.3) is 0 Å². The van der Waals surface area contributed by atoms with Crippen molar-refractivity contribution in [1.82, 2.24) is 4.67 Å². The summed E-state index contributed by atoms with van der Waals surface area (Å²) in [7, 11) is -2.52. The Labute approximate surface area is 84.4 Å². The first-order chi connectivity index (χ1) is 5.73. The summed E-state index contributed by atoms with van der Waals surface area (Å²) in [4.78, 5) is 0. The summed E-state index contributed by atoms with van der Waals surface area (Å²) in [6.45, 7) is 2.68. The molecule has 0 bridgehead atoms. The van der Waals surface area contributed by atoms with Gasteiger partial charge >= 0.3 is 0 Å². The molecule has 0 atom stereocenters. The largest absolute Gasteiger partial charge is 0.274 e. The Hall–Kier alpha value is 0.680. The quantitative estimate of drug-likeness (QED) is 0.529. The van der Waals surface area contributed by atoms with E-state index in [-0.39, 0.29) is 0 Å². The van der Waals surface area contributed by atoms with Gasteiger partial charge in [0.15, 0.2) is 14.0 Å². The van der Waals surface area contributed by atoms with Gasteiger partial charge in [0.25, 0.3) is 0 Å². The van der Waals surface area contributed by atoms with Crippen molar-refractivity contribution in [3.63, 3.8) is 0 Å². The van der Waals surface area contributed by atoms with Crippen molar-refractivity contribution in [3.05, 3.63) is 0 Å². The van der Waals surface area contributed by atoms with Crippen LogP contribution in [0.15, 0.2) is 4.52 Å². The molecule has 0 spiro atoms. The monoisotopic (exact) mass is 244 g/mol. The summed E-state index contributed by atoms with van der Waals surface area (Å²) in [6, 6.07) is 0. The Balaban J connectivity index is 4.93. The Morgan fingerprint density at radius 3 is 1.77 bits per heavy atom. The molecule has 6 nitrogen and oxygen atoms in total. The fraction of sp³-hybridized carbons (Fsp3) is 1.00. The van der Waals surface area contributed by atoms with E-state index in [1.807, 2.05) is 18.5 Å². The molecular weight excluding hydrogens is 226 g/mol. The SMILES string of the molecule is CCN(CC)P(N)(N)=NP(N)(N)=S. The van der Waals surface area contributed by atoms with Crippen LogP contribution in [0.4, 0.5) is 0 Å². The first kappa shape index (κ1) is 13.7. The molecule has 0 aliphatic rings. The van der Waals surface area contributed by atoms with Crippen LogP contribution in [0.3, 0.4) is 0 Å². The van der Waals surface area contributed by atoms with Crippen molar-refractivity contribution in [2.24, 2.45) is 26.5 Å². The van der Waals surface area contributed by atoms with E-state index in [0.29, 0.717) is 0 Å². The van der Waals surface area contributed by atoms with Gasteiger partial charge in [0.05, 0.1) is 0 Å². The van der Waals surface area contributed by atoms with E-state index in [4.69, 9.17) is 33.8 Å². The van der Waals surface area contributed by atoms with Gasteiger partial charge in [-0.05, 0) is 11.8 Å². The van der Waals surface area contributed by atoms with Crippen molar-refractivity contribution >= 4 is 25.8 Å². The van der Waals surface area contributed by atoms with E-state index in [2.05, 4.69) is 4.52 Å². The first-order valence-corrected chi connectivity index (χ1v) is 8.59. The van der Waals surface area contributed by atoms with E-state index in [1.165, 1.54) is 0 Å². The molecule has 0 heterocycles. The maximum absolute atomic E-state index is 5.82. The van der Waals surface area contributed by atoms with Crippen LogP contribution in [-0.2, 0) is 11.8 Å². The first-order valence-electron chi connectivity index (χ1n) is 3.86. The molecule has 0 aromatic rings. The molecular formula is C4H18N6P2S.